The molecule has 0 amide bonds. The molecule has 0 spiro atoms. The van der Waals surface area contributed by atoms with Crippen molar-refractivity contribution in [2.24, 2.45) is 0 Å². The second-order valence-corrected chi connectivity index (χ2v) is 8.00. The topological polar surface area (TPSA) is 110 Å². The van der Waals surface area contributed by atoms with Gasteiger partial charge in [-0.05, 0) is 25.1 Å². The fraction of sp³-hybridized carbons (Fsp3) is 0.235. The van der Waals surface area contributed by atoms with E-state index in [1.807, 2.05) is 0 Å². The van der Waals surface area contributed by atoms with Crippen molar-refractivity contribution in [3.8, 4) is 0 Å². The summed E-state index contributed by atoms with van der Waals surface area (Å²) in [6.07, 6.45) is 0. The predicted molar refractivity (Wildman–Crippen MR) is 98.0 cm³/mol. The first-order chi connectivity index (χ1) is 12.1. The molecular formula is C17H19N3O5S. The average molecular weight is 377 g/mol. The lowest BCUT2D eigenvalue weighted by Gasteiger charge is -2.12. The third kappa shape index (κ3) is 4.24. The van der Waals surface area contributed by atoms with Gasteiger partial charge in [-0.1, -0.05) is 18.2 Å². The van der Waals surface area contributed by atoms with Crippen LogP contribution in [0.4, 0.5) is 11.4 Å². The Hall–Kier alpha value is -2.78. The first-order valence-electron chi connectivity index (χ1n) is 7.67. The highest BCUT2D eigenvalue weighted by Gasteiger charge is 2.19. The molecule has 0 aliphatic carbocycles. The van der Waals surface area contributed by atoms with Gasteiger partial charge in [0.25, 0.3) is 5.69 Å². The van der Waals surface area contributed by atoms with Crippen molar-refractivity contribution in [1.82, 2.24) is 4.31 Å². The Bertz CT molecular complexity index is 955. The Morgan fingerprint density at radius 1 is 1.19 bits per heavy atom. The largest absolute Gasteiger partial charge is 0.377 e. The van der Waals surface area contributed by atoms with Crippen LogP contribution in [0.5, 0.6) is 0 Å². The normalized spacial score (nSPS) is 11.4. The van der Waals surface area contributed by atoms with E-state index < -0.39 is 14.9 Å². The van der Waals surface area contributed by atoms with E-state index in [0.717, 1.165) is 4.31 Å². The van der Waals surface area contributed by atoms with Crippen molar-refractivity contribution < 1.29 is 18.1 Å². The van der Waals surface area contributed by atoms with Gasteiger partial charge in [-0.2, -0.15) is 0 Å². The van der Waals surface area contributed by atoms with Gasteiger partial charge >= 0.3 is 0 Å². The van der Waals surface area contributed by atoms with Crippen LogP contribution in [0.25, 0.3) is 0 Å². The lowest BCUT2D eigenvalue weighted by Crippen LogP contribution is -2.22. The van der Waals surface area contributed by atoms with Crippen molar-refractivity contribution in [3.05, 3.63) is 63.7 Å². The van der Waals surface area contributed by atoms with E-state index in [4.69, 9.17) is 0 Å². The Morgan fingerprint density at radius 3 is 2.50 bits per heavy atom. The number of carbonyl (C=O) groups is 1. The molecule has 0 unspecified atom stereocenters. The van der Waals surface area contributed by atoms with E-state index in [9.17, 15) is 23.3 Å². The highest BCUT2D eigenvalue weighted by Crippen LogP contribution is 2.22. The standard InChI is InChI=1S/C17H19N3O5S/c1-12-7-8-14(10-16(12)20(22)23)18-11-17(21)13-5-4-6-15(9-13)26(24,25)19(2)3/h4-10,18H,11H2,1-3H3. The Balaban J connectivity index is 2.17. The van der Waals surface area contributed by atoms with Crippen molar-refractivity contribution in [2.75, 3.05) is 26.0 Å². The Kier molecular flexibility index (Phi) is 5.73. The molecule has 0 fully saturated rings. The summed E-state index contributed by atoms with van der Waals surface area (Å²) in [7, 11) is -0.809. The number of aryl methyl sites for hydroxylation is 1. The quantitative estimate of drug-likeness (QED) is 0.451. The van der Waals surface area contributed by atoms with Crippen LogP contribution in [0.2, 0.25) is 0 Å². The second kappa shape index (κ2) is 7.63. The Labute approximate surface area is 151 Å². The van der Waals surface area contributed by atoms with Gasteiger partial charge in [-0.15, -0.1) is 0 Å². The molecule has 8 nitrogen and oxygen atoms in total. The molecule has 138 valence electrons. The molecule has 2 rings (SSSR count). The summed E-state index contributed by atoms with van der Waals surface area (Å²) in [6.45, 7) is 1.51. The molecule has 0 saturated carbocycles. The zero-order chi connectivity index (χ0) is 19.5. The molecule has 0 aromatic heterocycles. The molecule has 1 N–H and O–H groups in total. The molecule has 2 aromatic carbocycles. The molecule has 0 bridgehead atoms. The summed E-state index contributed by atoms with van der Waals surface area (Å²) in [5.74, 6) is -0.330. The van der Waals surface area contributed by atoms with E-state index >= 15 is 0 Å². The number of nitrogens with zero attached hydrogens (tertiary/aromatic N) is 2. The summed E-state index contributed by atoms with van der Waals surface area (Å²) >= 11 is 0. The van der Waals surface area contributed by atoms with Gasteiger partial charge in [0.15, 0.2) is 5.78 Å². The number of ketones is 1. The van der Waals surface area contributed by atoms with Gasteiger partial charge in [0.05, 0.1) is 16.4 Å². The molecule has 0 aliphatic heterocycles. The van der Waals surface area contributed by atoms with Crippen LogP contribution >= 0.6 is 0 Å². The number of benzene rings is 2. The molecule has 0 radical (unpaired) electrons. The minimum absolute atomic E-state index is 0.0272. The van der Waals surface area contributed by atoms with Gasteiger partial charge < -0.3 is 5.32 Å². The first kappa shape index (κ1) is 19.5. The number of hydrogen-bond acceptors (Lipinski definition) is 6. The number of nitro groups is 1. The molecule has 0 atom stereocenters. The van der Waals surface area contributed by atoms with E-state index in [-0.39, 0.29) is 28.5 Å². The van der Waals surface area contributed by atoms with Crippen molar-refractivity contribution >= 4 is 27.2 Å². The van der Waals surface area contributed by atoms with Crippen LogP contribution in [0.15, 0.2) is 47.4 Å². The van der Waals surface area contributed by atoms with Crippen LogP contribution in [0.3, 0.4) is 0 Å². The second-order valence-electron chi connectivity index (χ2n) is 5.85. The average Bonchev–Trinajstić information content (AvgIpc) is 2.60. The summed E-state index contributed by atoms with van der Waals surface area (Å²) in [6, 6.07) is 10.4. The maximum atomic E-state index is 12.3. The van der Waals surface area contributed by atoms with Crippen LogP contribution < -0.4 is 5.32 Å². The number of Topliss-reactive ketones (excluding diaryl/α,β-unsaturated/α-hetero) is 1. The van der Waals surface area contributed by atoms with Crippen molar-refractivity contribution in [3.63, 3.8) is 0 Å². The number of hydrogen-bond donors (Lipinski definition) is 1. The number of rotatable bonds is 7. The fourth-order valence-corrected chi connectivity index (χ4v) is 3.19. The van der Waals surface area contributed by atoms with Gasteiger partial charge in [0.2, 0.25) is 10.0 Å². The van der Waals surface area contributed by atoms with E-state index in [1.54, 1.807) is 19.1 Å². The van der Waals surface area contributed by atoms with E-state index in [2.05, 4.69) is 5.32 Å². The van der Waals surface area contributed by atoms with Crippen LogP contribution in [0, 0.1) is 17.0 Å². The molecule has 0 saturated heterocycles. The minimum atomic E-state index is -3.63. The number of sulfonamides is 1. The SMILES string of the molecule is Cc1ccc(NCC(=O)c2cccc(S(=O)(=O)N(C)C)c2)cc1[N+](=O)[O-]. The highest BCUT2D eigenvalue weighted by molar-refractivity contribution is 7.89. The number of carbonyl (C=O) groups excluding carboxylic acids is 1. The monoisotopic (exact) mass is 377 g/mol. The Morgan fingerprint density at radius 2 is 1.88 bits per heavy atom. The molecule has 26 heavy (non-hydrogen) atoms. The van der Waals surface area contributed by atoms with Crippen LogP contribution in [-0.2, 0) is 10.0 Å². The maximum absolute atomic E-state index is 12.3. The van der Waals surface area contributed by atoms with Gasteiger partial charge in [-0.25, -0.2) is 12.7 Å². The summed E-state index contributed by atoms with van der Waals surface area (Å²) in [5.41, 5.74) is 1.16. The lowest BCUT2D eigenvalue weighted by molar-refractivity contribution is -0.385. The zero-order valence-corrected chi connectivity index (χ0v) is 15.4. The molecular weight excluding hydrogens is 358 g/mol. The van der Waals surface area contributed by atoms with Crippen LogP contribution in [0.1, 0.15) is 15.9 Å². The minimum Gasteiger partial charge on any atom is -0.377 e. The third-order valence-electron chi connectivity index (χ3n) is 3.79. The van der Waals surface area contributed by atoms with Crippen molar-refractivity contribution in [2.45, 2.75) is 11.8 Å². The summed E-state index contributed by atoms with van der Waals surface area (Å²) in [5, 5.41) is 13.8. The smallest absolute Gasteiger partial charge is 0.274 e. The fourth-order valence-electron chi connectivity index (χ4n) is 2.24. The first-order valence-corrected chi connectivity index (χ1v) is 9.11. The molecule has 9 heteroatoms. The predicted octanol–water partition coefficient (Wildman–Crippen LogP) is 2.45. The van der Waals surface area contributed by atoms with Gasteiger partial charge in [-0.3, -0.25) is 14.9 Å². The lowest BCUT2D eigenvalue weighted by atomic mass is 10.1. The van der Waals surface area contributed by atoms with Crippen LogP contribution in [-0.4, -0.2) is 44.1 Å². The number of anilines is 1. The van der Waals surface area contributed by atoms with E-state index in [0.29, 0.717) is 11.3 Å². The molecule has 2 aromatic rings. The highest BCUT2D eigenvalue weighted by atomic mass is 32.2. The third-order valence-corrected chi connectivity index (χ3v) is 5.60. The number of nitrogens with one attached hydrogen (secondary N) is 1. The summed E-state index contributed by atoms with van der Waals surface area (Å²) in [4.78, 5) is 22.9. The van der Waals surface area contributed by atoms with Gasteiger partial charge in [0.1, 0.15) is 0 Å². The summed E-state index contributed by atoms with van der Waals surface area (Å²) < 4.78 is 25.4. The van der Waals surface area contributed by atoms with Gasteiger partial charge in [0, 0.05) is 37.0 Å². The van der Waals surface area contributed by atoms with Crippen molar-refractivity contribution in [1.29, 1.82) is 0 Å². The maximum Gasteiger partial charge on any atom is 0.274 e. The molecule has 0 aliphatic rings. The van der Waals surface area contributed by atoms with E-state index in [1.165, 1.54) is 44.4 Å². The zero-order valence-electron chi connectivity index (χ0n) is 14.6. The molecule has 0 heterocycles. The number of nitro benzene ring substituents is 1.